The molecule has 7 nitrogen and oxygen atoms in total. The Morgan fingerprint density at radius 1 is 1.33 bits per heavy atom. The number of rotatable bonds is 8. The van der Waals surface area contributed by atoms with Gasteiger partial charge in [0, 0.05) is 45.6 Å². The van der Waals surface area contributed by atoms with Crippen molar-refractivity contribution in [2.75, 3.05) is 13.6 Å². The number of aromatic nitrogens is 1. The topological polar surface area (TPSA) is 79.7 Å². The van der Waals surface area contributed by atoms with Gasteiger partial charge in [0.1, 0.15) is 5.60 Å². The van der Waals surface area contributed by atoms with Crippen LogP contribution in [0.25, 0.3) is 0 Å². The van der Waals surface area contributed by atoms with Crippen LogP contribution in [-0.2, 0) is 18.3 Å². The van der Waals surface area contributed by atoms with Gasteiger partial charge in [-0.15, -0.1) is 24.0 Å². The van der Waals surface area contributed by atoms with Crippen LogP contribution in [-0.4, -0.2) is 41.9 Å². The molecule has 8 heteroatoms. The number of hydrogen-bond donors (Lipinski definition) is 3. The quantitative estimate of drug-likeness (QED) is 0.295. The summed E-state index contributed by atoms with van der Waals surface area (Å²) in [5.41, 5.74) is 0.691. The minimum atomic E-state index is -0.496. The Morgan fingerprint density at radius 3 is 2.56 bits per heavy atom. The Labute approximate surface area is 180 Å². The first-order chi connectivity index (χ1) is 12.2. The first kappa shape index (κ1) is 25.6. The van der Waals surface area contributed by atoms with Gasteiger partial charge in [0.25, 0.3) is 0 Å². The number of hydrogen-bond acceptors (Lipinski definition) is 3. The van der Waals surface area contributed by atoms with Crippen molar-refractivity contribution in [2.24, 2.45) is 12.0 Å². The van der Waals surface area contributed by atoms with E-state index in [-0.39, 0.29) is 30.0 Å². The maximum Gasteiger partial charge on any atom is 0.407 e. The van der Waals surface area contributed by atoms with E-state index >= 15 is 0 Å². The molecule has 0 fully saturated rings. The van der Waals surface area contributed by atoms with E-state index in [0.717, 1.165) is 25.2 Å². The van der Waals surface area contributed by atoms with Crippen molar-refractivity contribution >= 4 is 36.0 Å². The lowest BCUT2D eigenvalue weighted by Crippen LogP contribution is -2.48. The van der Waals surface area contributed by atoms with E-state index in [1.807, 2.05) is 38.6 Å². The third kappa shape index (κ3) is 11.8. The molecule has 1 rings (SSSR count). The number of aryl methyl sites for hydroxylation is 1. The number of nitrogens with one attached hydrogen (secondary N) is 3. The second kappa shape index (κ2) is 12.9. The summed E-state index contributed by atoms with van der Waals surface area (Å²) >= 11 is 0. The highest BCUT2D eigenvalue weighted by Crippen LogP contribution is 2.07. The highest BCUT2D eigenvalue weighted by Gasteiger charge is 2.18. The number of carbonyl (C=O) groups excluding carboxylic acids is 1. The smallest absolute Gasteiger partial charge is 0.407 e. The molecule has 27 heavy (non-hydrogen) atoms. The number of halogens is 1. The number of amides is 1. The molecule has 0 bridgehead atoms. The van der Waals surface area contributed by atoms with E-state index in [2.05, 4.69) is 40.1 Å². The first-order valence-corrected chi connectivity index (χ1v) is 9.28. The number of ether oxygens (including phenoxy) is 1. The van der Waals surface area contributed by atoms with E-state index in [0.29, 0.717) is 13.1 Å². The zero-order valence-corrected chi connectivity index (χ0v) is 19.8. The van der Waals surface area contributed by atoms with Crippen LogP contribution in [0.5, 0.6) is 0 Å². The Kier molecular flexibility index (Phi) is 12.2. The fourth-order valence-corrected chi connectivity index (χ4v) is 2.44. The van der Waals surface area contributed by atoms with Gasteiger partial charge in [0.15, 0.2) is 5.96 Å². The zero-order valence-electron chi connectivity index (χ0n) is 17.5. The van der Waals surface area contributed by atoms with Crippen LogP contribution in [0.2, 0.25) is 0 Å². The molecule has 1 unspecified atom stereocenters. The molecule has 1 amide bonds. The molecular weight excluding hydrogens is 457 g/mol. The fourth-order valence-electron chi connectivity index (χ4n) is 2.44. The highest BCUT2D eigenvalue weighted by atomic mass is 127. The minimum Gasteiger partial charge on any atom is -0.444 e. The summed E-state index contributed by atoms with van der Waals surface area (Å²) in [7, 11) is 3.75. The second-order valence-corrected chi connectivity index (χ2v) is 7.48. The van der Waals surface area contributed by atoms with Crippen molar-refractivity contribution < 1.29 is 9.53 Å². The van der Waals surface area contributed by atoms with Crippen LogP contribution >= 0.6 is 24.0 Å². The van der Waals surface area contributed by atoms with Gasteiger partial charge in [0.2, 0.25) is 0 Å². The molecule has 0 aromatic carbocycles. The molecule has 1 aromatic heterocycles. The van der Waals surface area contributed by atoms with Crippen molar-refractivity contribution in [2.45, 2.75) is 65.1 Å². The number of carbonyl (C=O) groups is 1. The molecule has 0 radical (unpaired) electrons. The van der Waals surface area contributed by atoms with Gasteiger partial charge < -0.3 is 25.3 Å². The van der Waals surface area contributed by atoms with Gasteiger partial charge in [0.05, 0.1) is 0 Å². The van der Waals surface area contributed by atoms with Gasteiger partial charge >= 0.3 is 6.09 Å². The predicted octanol–water partition coefficient (Wildman–Crippen LogP) is 3.39. The molecule has 0 aliphatic heterocycles. The summed E-state index contributed by atoms with van der Waals surface area (Å²) in [5.74, 6) is 0.723. The van der Waals surface area contributed by atoms with E-state index in [1.165, 1.54) is 5.56 Å². The van der Waals surface area contributed by atoms with Gasteiger partial charge in [-0.25, -0.2) is 4.79 Å². The predicted molar refractivity (Wildman–Crippen MR) is 122 cm³/mol. The van der Waals surface area contributed by atoms with Crippen molar-refractivity contribution in [3.63, 3.8) is 0 Å². The average Bonchev–Trinajstić information content (AvgIpc) is 2.97. The van der Waals surface area contributed by atoms with Crippen molar-refractivity contribution in [3.05, 3.63) is 24.0 Å². The lowest BCUT2D eigenvalue weighted by molar-refractivity contribution is 0.0523. The molecule has 0 aliphatic rings. The molecule has 156 valence electrons. The Balaban J connectivity index is 0.00000676. The summed E-state index contributed by atoms with van der Waals surface area (Å²) < 4.78 is 7.32. The summed E-state index contributed by atoms with van der Waals surface area (Å²) in [6, 6.07) is 2.16. The van der Waals surface area contributed by atoms with E-state index in [9.17, 15) is 4.79 Å². The number of alkyl carbamates (subject to hydrolysis) is 1. The van der Waals surface area contributed by atoms with Gasteiger partial charge in [-0.1, -0.05) is 19.8 Å². The summed E-state index contributed by atoms with van der Waals surface area (Å²) in [5, 5.41) is 9.55. The zero-order chi connectivity index (χ0) is 19.6. The van der Waals surface area contributed by atoms with Crippen molar-refractivity contribution in [3.8, 4) is 0 Å². The van der Waals surface area contributed by atoms with Gasteiger partial charge in [-0.3, -0.25) is 4.99 Å². The third-order valence-corrected chi connectivity index (χ3v) is 3.72. The van der Waals surface area contributed by atoms with Crippen LogP contribution in [0, 0.1) is 0 Å². The van der Waals surface area contributed by atoms with Crippen LogP contribution in [0.15, 0.2) is 23.5 Å². The second-order valence-electron chi connectivity index (χ2n) is 7.48. The molecule has 1 atom stereocenters. The number of nitrogens with zero attached hydrogens (tertiary/aromatic N) is 2. The fraction of sp³-hybridized carbons (Fsp3) is 0.684. The summed E-state index contributed by atoms with van der Waals surface area (Å²) in [6.45, 7) is 8.90. The third-order valence-electron chi connectivity index (χ3n) is 3.72. The summed E-state index contributed by atoms with van der Waals surface area (Å²) in [4.78, 5) is 16.2. The van der Waals surface area contributed by atoms with Crippen LogP contribution in [0.4, 0.5) is 4.79 Å². The maximum absolute atomic E-state index is 11.9. The van der Waals surface area contributed by atoms with Crippen LogP contribution in [0.1, 0.15) is 52.5 Å². The molecule has 0 spiro atoms. The lowest BCUT2D eigenvalue weighted by atomic mass is 10.1. The molecule has 0 aliphatic carbocycles. The Hall–Kier alpha value is -1.45. The van der Waals surface area contributed by atoms with Crippen molar-refractivity contribution in [1.82, 2.24) is 20.5 Å². The largest absolute Gasteiger partial charge is 0.444 e. The Bertz CT molecular complexity index is 581. The lowest BCUT2D eigenvalue weighted by Gasteiger charge is -2.24. The van der Waals surface area contributed by atoms with Gasteiger partial charge in [-0.05, 0) is 38.8 Å². The maximum atomic E-state index is 11.9. The molecule has 1 heterocycles. The van der Waals surface area contributed by atoms with Crippen LogP contribution in [0.3, 0.4) is 0 Å². The monoisotopic (exact) mass is 493 g/mol. The first-order valence-electron chi connectivity index (χ1n) is 9.28. The number of guanidine groups is 1. The molecule has 3 N–H and O–H groups in total. The minimum absolute atomic E-state index is 0. The molecule has 1 aromatic rings. The van der Waals surface area contributed by atoms with E-state index < -0.39 is 11.7 Å². The summed E-state index contributed by atoms with van der Waals surface area (Å²) in [6.07, 6.45) is 6.80. The number of aliphatic imine (C=N–C) groups is 1. The molecule has 0 saturated carbocycles. The SMILES string of the molecule is CCCCC(CNC(=O)OC(C)(C)C)NC(=NC)NCc1ccn(C)c1.I. The standard InChI is InChI=1S/C19H35N5O2.HI/c1-7-8-9-16(13-22-18(25)26-19(2,3)4)23-17(20-5)21-12-15-10-11-24(6)14-15;/h10-11,14,16H,7-9,12-13H2,1-6H3,(H,22,25)(H2,20,21,23);1H. The molecular formula is C19H36IN5O2. The Morgan fingerprint density at radius 2 is 2.04 bits per heavy atom. The van der Waals surface area contributed by atoms with E-state index in [1.54, 1.807) is 7.05 Å². The van der Waals surface area contributed by atoms with Crippen LogP contribution < -0.4 is 16.0 Å². The molecule has 0 saturated heterocycles. The van der Waals surface area contributed by atoms with Gasteiger partial charge in [-0.2, -0.15) is 0 Å². The number of unbranched alkanes of at least 4 members (excludes halogenated alkanes) is 1. The average molecular weight is 493 g/mol. The normalized spacial score (nSPS) is 12.7. The highest BCUT2D eigenvalue weighted by molar-refractivity contribution is 14.0. The van der Waals surface area contributed by atoms with E-state index in [4.69, 9.17) is 4.74 Å². The van der Waals surface area contributed by atoms with Crippen molar-refractivity contribution in [1.29, 1.82) is 0 Å².